The smallest absolute Gasteiger partial charge is 0.249 e. The van der Waals surface area contributed by atoms with Crippen LogP contribution in [-0.2, 0) is 11.3 Å². The Bertz CT molecular complexity index is 1430. The van der Waals surface area contributed by atoms with Crippen molar-refractivity contribution < 1.29 is 9.53 Å². The van der Waals surface area contributed by atoms with E-state index in [1.807, 2.05) is 33.9 Å². The fourth-order valence-corrected chi connectivity index (χ4v) is 4.31. The molecular formula is C26H26N8O2. The van der Waals surface area contributed by atoms with Crippen LogP contribution < -0.4 is 9.64 Å². The van der Waals surface area contributed by atoms with Crippen molar-refractivity contribution in [3.63, 3.8) is 0 Å². The molecule has 10 nitrogen and oxygen atoms in total. The lowest BCUT2D eigenvalue weighted by molar-refractivity contribution is -0.127. The van der Waals surface area contributed by atoms with Gasteiger partial charge in [-0.3, -0.25) is 4.79 Å². The number of carbonyl (C=O) groups is 1. The average molecular weight is 483 g/mol. The van der Waals surface area contributed by atoms with Crippen molar-refractivity contribution in [2.75, 3.05) is 37.7 Å². The Balaban J connectivity index is 1.36. The molecule has 4 aromatic rings. The largest absolute Gasteiger partial charge is 0.490 e. The molecule has 1 saturated heterocycles. The first-order valence-electron chi connectivity index (χ1n) is 11.7. The Labute approximate surface area is 208 Å². The summed E-state index contributed by atoms with van der Waals surface area (Å²) in [5.41, 5.74) is 3.43. The van der Waals surface area contributed by atoms with Crippen molar-refractivity contribution in [1.29, 1.82) is 5.26 Å². The number of pyridine rings is 2. The number of piperazine rings is 1. The standard InChI is InChI=1S/C26H26N8O2/c1-19(2)26(35)33-9-7-32(8-10-33)24-4-3-20(15-29-24)23-13-22(36-12-11-31-6-5-28-18-31)17-34-25(23)21(14-27)16-30-34/h3-6,13,15-18H,1,7-12H2,2H3. The van der Waals surface area contributed by atoms with Crippen LogP contribution in [-0.4, -0.2) is 67.7 Å². The molecule has 0 saturated carbocycles. The van der Waals surface area contributed by atoms with Crippen LogP contribution in [0.1, 0.15) is 12.5 Å². The zero-order valence-corrected chi connectivity index (χ0v) is 20.0. The van der Waals surface area contributed by atoms with Gasteiger partial charge in [-0.2, -0.15) is 10.4 Å². The highest BCUT2D eigenvalue weighted by atomic mass is 16.5. The summed E-state index contributed by atoms with van der Waals surface area (Å²) in [6.07, 6.45) is 10.5. The monoisotopic (exact) mass is 482 g/mol. The fraction of sp³-hybridized carbons (Fsp3) is 0.269. The first kappa shape index (κ1) is 23.1. The van der Waals surface area contributed by atoms with Crippen LogP contribution in [0.25, 0.3) is 16.6 Å². The van der Waals surface area contributed by atoms with E-state index in [4.69, 9.17) is 9.72 Å². The summed E-state index contributed by atoms with van der Waals surface area (Å²) in [5, 5.41) is 14.0. The number of ether oxygens (including phenoxy) is 1. The highest BCUT2D eigenvalue weighted by molar-refractivity contribution is 5.92. The number of anilines is 1. The van der Waals surface area contributed by atoms with Crippen molar-refractivity contribution in [2.24, 2.45) is 0 Å². The van der Waals surface area contributed by atoms with E-state index in [2.05, 4.69) is 27.6 Å². The number of imidazole rings is 1. The normalized spacial score (nSPS) is 13.6. The predicted octanol–water partition coefficient (Wildman–Crippen LogP) is 2.77. The fourth-order valence-electron chi connectivity index (χ4n) is 4.31. The van der Waals surface area contributed by atoms with Crippen molar-refractivity contribution >= 4 is 17.2 Å². The van der Waals surface area contributed by atoms with E-state index in [0.717, 1.165) is 16.9 Å². The third-order valence-corrected chi connectivity index (χ3v) is 6.20. The van der Waals surface area contributed by atoms with Gasteiger partial charge in [-0.1, -0.05) is 6.58 Å². The molecule has 1 amide bonds. The highest BCUT2D eigenvalue weighted by Crippen LogP contribution is 2.31. The van der Waals surface area contributed by atoms with E-state index in [0.29, 0.717) is 61.7 Å². The number of rotatable bonds is 7. The number of carbonyl (C=O) groups excluding carboxylic acids is 1. The molecule has 5 rings (SSSR count). The summed E-state index contributed by atoms with van der Waals surface area (Å²) in [4.78, 5) is 24.9. The maximum absolute atomic E-state index is 12.2. The van der Waals surface area contributed by atoms with Crippen LogP contribution in [0.15, 0.2) is 67.7 Å². The van der Waals surface area contributed by atoms with E-state index in [1.165, 1.54) is 0 Å². The van der Waals surface area contributed by atoms with E-state index >= 15 is 0 Å². The van der Waals surface area contributed by atoms with Gasteiger partial charge in [-0.15, -0.1) is 0 Å². The van der Waals surface area contributed by atoms with Gasteiger partial charge in [0.2, 0.25) is 5.91 Å². The molecule has 0 bridgehead atoms. The molecule has 10 heteroatoms. The molecule has 36 heavy (non-hydrogen) atoms. The van der Waals surface area contributed by atoms with Gasteiger partial charge in [-0.05, 0) is 25.1 Å². The van der Waals surface area contributed by atoms with Crippen molar-refractivity contribution in [2.45, 2.75) is 13.5 Å². The number of fused-ring (bicyclic) bond motifs is 1. The molecule has 0 unspecified atom stereocenters. The van der Waals surface area contributed by atoms with Crippen LogP contribution in [0.2, 0.25) is 0 Å². The minimum Gasteiger partial charge on any atom is -0.490 e. The molecule has 0 atom stereocenters. The maximum atomic E-state index is 12.2. The Hall–Kier alpha value is -4.65. The van der Waals surface area contributed by atoms with Crippen LogP contribution in [0, 0.1) is 11.3 Å². The van der Waals surface area contributed by atoms with Gasteiger partial charge in [-0.25, -0.2) is 14.5 Å². The summed E-state index contributed by atoms with van der Waals surface area (Å²) in [5.74, 6) is 1.50. The van der Waals surface area contributed by atoms with Gasteiger partial charge in [0.05, 0.1) is 36.3 Å². The molecule has 1 fully saturated rings. The van der Waals surface area contributed by atoms with E-state index in [1.54, 1.807) is 42.6 Å². The lowest BCUT2D eigenvalue weighted by Crippen LogP contribution is -2.49. The molecular weight excluding hydrogens is 456 g/mol. The summed E-state index contributed by atoms with van der Waals surface area (Å²) < 4.78 is 9.61. The predicted molar refractivity (Wildman–Crippen MR) is 134 cm³/mol. The average Bonchev–Trinajstić information content (AvgIpc) is 3.58. The highest BCUT2D eigenvalue weighted by Gasteiger charge is 2.22. The van der Waals surface area contributed by atoms with Crippen molar-refractivity contribution in [1.82, 2.24) is 29.0 Å². The minimum atomic E-state index is 0.00297. The molecule has 0 N–H and O–H groups in total. The summed E-state index contributed by atoms with van der Waals surface area (Å²) in [6, 6.07) is 8.11. The van der Waals surface area contributed by atoms with Gasteiger partial charge in [0.1, 0.15) is 24.2 Å². The third kappa shape index (κ3) is 4.63. The Morgan fingerprint density at radius 1 is 1.22 bits per heavy atom. The Kier molecular flexibility index (Phi) is 6.36. The molecule has 0 spiro atoms. The van der Waals surface area contributed by atoms with Gasteiger partial charge in [0.15, 0.2) is 0 Å². The topological polar surface area (TPSA) is 105 Å². The second-order valence-corrected chi connectivity index (χ2v) is 8.67. The number of hydrogen-bond acceptors (Lipinski definition) is 7. The maximum Gasteiger partial charge on any atom is 0.249 e. The van der Waals surface area contributed by atoms with Crippen LogP contribution in [0.3, 0.4) is 0 Å². The molecule has 0 radical (unpaired) electrons. The summed E-state index contributed by atoms with van der Waals surface area (Å²) in [7, 11) is 0. The number of aromatic nitrogens is 5. The molecule has 1 aliphatic rings. The lowest BCUT2D eigenvalue weighted by Gasteiger charge is -2.35. The molecule has 0 aromatic carbocycles. The van der Waals surface area contributed by atoms with Gasteiger partial charge < -0.3 is 19.1 Å². The van der Waals surface area contributed by atoms with Crippen LogP contribution in [0.4, 0.5) is 5.82 Å². The first-order valence-corrected chi connectivity index (χ1v) is 11.7. The van der Waals surface area contributed by atoms with Crippen molar-refractivity contribution in [3.8, 4) is 22.9 Å². The quantitative estimate of drug-likeness (QED) is 0.373. The SMILES string of the molecule is C=C(C)C(=O)N1CCN(c2ccc(-c3cc(OCCn4ccnc4)cn4ncc(C#N)c34)cn2)CC1. The second kappa shape index (κ2) is 9.92. The molecule has 1 aliphatic heterocycles. The number of hydrogen-bond donors (Lipinski definition) is 0. The zero-order chi connectivity index (χ0) is 25.1. The van der Waals surface area contributed by atoms with Gasteiger partial charge in [0, 0.05) is 61.5 Å². The molecule has 0 aliphatic carbocycles. The van der Waals surface area contributed by atoms with E-state index < -0.39 is 0 Å². The van der Waals surface area contributed by atoms with E-state index in [-0.39, 0.29) is 5.91 Å². The number of nitrogens with zero attached hydrogens (tertiary/aromatic N) is 8. The van der Waals surface area contributed by atoms with Crippen molar-refractivity contribution in [3.05, 3.63) is 73.2 Å². The minimum absolute atomic E-state index is 0.00297. The van der Waals surface area contributed by atoms with Crippen LogP contribution >= 0.6 is 0 Å². The molecule has 182 valence electrons. The zero-order valence-electron chi connectivity index (χ0n) is 20.0. The number of nitriles is 1. The molecule has 5 heterocycles. The summed E-state index contributed by atoms with van der Waals surface area (Å²) in [6.45, 7) is 9.30. The molecule has 4 aromatic heterocycles. The third-order valence-electron chi connectivity index (χ3n) is 6.20. The Morgan fingerprint density at radius 3 is 2.72 bits per heavy atom. The van der Waals surface area contributed by atoms with Crippen LogP contribution in [0.5, 0.6) is 5.75 Å². The van der Waals surface area contributed by atoms with Gasteiger partial charge in [0.25, 0.3) is 0 Å². The van der Waals surface area contributed by atoms with E-state index in [9.17, 15) is 10.1 Å². The lowest BCUT2D eigenvalue weighted by atomic mass is 10.1. The number of amides is 1. The summed E-state index contributed by atoms with van der Waals surface area (Å²) >= 11 is 0. The second-order valence-electron chi connectivity index (χ2n) is 8.67. The Morgan fingerprint density at radius 2 is 2.06 bits per heavy atom. The van der Waals surface area contributed by atoms with Gasteiger partial charge >= 0.3 is 0 Å². The first-order chi connectivity index (χ1) is 17.5.